The number of nitrogens with zero attached hydrogens (tertiary/aromatic N) is 2. The van der Waals surface area contributed by atoms with Gasteiger partial charge in [-0.3, -0.25) is 4.79 Å². The Morgan fingerprint density at radius 1 is 1.50 bits per heavy atom. The lowest BCUT2D eigenvalue weighted by Crippen LogP contribution is -2.42. The Hall–Kier alpha value is -1.17. The molecule has 2 N–H and O–H groups in total. The van der Waals surface area contributed by atoms with E-state index in [2.05, 4.69) is 0 Å². The molecule has 0 aliphatic carbocycles. The number of aromatic nitrogens is 1. The first-order valence-electron chi connectivity index (χ1n) is 7.63. The fourth-order valence-electron chi connectivity index (χ4n) is 2.85. The fourth-order valence-corrected chi connectivity index (χ4v) is 4.14. The molecule has 1 fully saturated rings. The van der Waals surface area contributed by atoms with Gasteiger partial charge in [0.25, 0.3) is 0 Å². The molecule has 1 saturated heterocycles. The van der Waals surface area contributed by atoms with E-state index in [0.717, 1.165) is 41.5 Å². The van der Waals surface area contributed by atoms with Gasteiger partial charge in [-0.25, -0.2) is 4.98 Å². The van der Waals surface area contributed by atoms with E-state index in [4.69, 9.17) is 22.3 Å². The molecule has 0 radical (unpaired) electrons. The summed E-state index contributed by atoms with van der Waals surface area (Å²) in [5.74, 6) is 0.534. The first-order chi connectivity index (χ1) is 10.6. The Kier molecular flexibility index (Phi) is 4.66. The van der Waals surface area contributed by atoms with Crippen LogP contribution in [0.5, 0.6) is 0 Å². The van der Waals surface area contributed by atoms with Gasteiger partial charge in [-0.1, -0.05) is 18.5 Å². The Morgan fingerprint density at radius 3 is 2.91 bits per heavy atom. The molecule has 22 heavy (non-hydrogen) atoms. The molecule has 1 aromatic carbocycles. The van der Waals surface area contributed by atoms with Crippen molar-refractivity contribution in [3.63, 3.8) is 0 Å². The van der Waals surface area contributed by atoms with Gasteiger partial charge in [-0.15, -0.1) is 11.3 Å². The number of amides is 1. The number of benzene rings is 1. The van der Waals surface area contributed by atoms with Crippen LogP contribution in [0.1, 0.15) is 30.7 Å². The number of hydrogen-bond acceptors (Lipinski definition) is 4. The van der Waals surface area contributed by atoms with Crippen LogP contribution in [0.3, 0.4) is 0 Å². The molecule has 6 heteroatoms. The van der Waals surface area contributed by atoms with Crippen molar-refractivity contribution in [3.05, 3.63) is 28.2 Å². The van der Waals surface area contributed by atoms with E-state index in [1.54, 1.807) is 11.3 Å². The molecule has 118 valence electrons. The molecule has 2 heterocycles. The Bertz CT molecular complexity index is 679. The van der Waals surface area contributed by atoms with Crippen LogP contribution in [0, 0.1) is 5.92 Å². The molecule has 0 bridgehead atoms. The third kappa shape index (κ3) is 3.12. The van der Waals surface area contributed by atoms with Crippen LogP contribution in [-0.2, 0) is 4.79 Å². The Labute approximate surface area is 139 Å². The van der Waals surface area contributed by atoms with E-state index in [-0.39, 0.29) is 11.8 Å². The van der Waals surface area contributed by atoms with E-state index < -0.39 is 0 Å². The quantitative estimate of drug-likeness (QED) is 0.935. The minimum absolute atomic E-state index is 0.0823. The average Bonchev–Trinajstić information content (AvgIpc) is 2.96. The second-order valence-corrected chi connectivity index (χ2v) is 7.40. The van der Waals surface area contributed by atoms with Gasteiger partial charge in [-0.2, -0.15) is 0 Å². The van der Waals surface area contributed by atoms with Crippen molar-refractivity contribution in [2.75, 3.05) is 19.6 Å². The van der Waals surface area contributed by atoms with E-state index in [1.807, 2.05) is 30.0 Å². The molecule has 1 aliphatic rings. The van der Waals surface area contributed by atoms with E-state index in [9.17, 15) is 4.79 Å². The zero-order valence-corrected chi connectivity index (χ0v) is 14.2. The van der Waals surface area contributed by atoms with Gasteiger partial charge in [0, 0.05) is 36.5 Å². The number of carbonyl (C=O) groups is 1. The van der Waals surface area contributed by atoms with Gasteiger partial charge in [0.1, 0.15) is 0 Å². The van der Waals surface area contributed by atoms with Crippen LogP contribution in [0.4, 0.5) is 0 Å². The van der Waals surface area contributed by atoms with Gasteiger partial charge in [0.05, 0.1) is 15.2 Å². The normalized spacial score (nSPS) is 17.9. The predicted molar refractivity (Wildman–Crippen MR) is 91.4 cm³/mol. The smallest absolute Gasteiger partial charge is 0.226 e. The summed E-state index contributed by atoms with van der Waals surface area (Å²) in [6.07, 6.45) is 1.94. The summed E-state index contributed by atoms with van der Waals surface area (Å²) in [7, 11) is 0. The fraction of sp³-hybridized carbons (Fsp3) is 0.500. The van der Waals surface area contributed by atoms with E-state index >= 15 is 0 Å². The lowest BCUT2D eigenvalue weighted by Gasteiger charge is -2.32. The molecule has 4 nitrogen and oxygen atoms in total. The molecular weight excluding hydrogens is 318 g/mol. The maximum absolute atomic E-state index is 12.2. The summed E-state index contributed by atoms with van der Waals surface area (Å²) < 4.78 is 1.18. The minimum atomic E-state index is -0.0823. The highest BCUT2D eigenvalue weighted by Crippen LogP contribution is 2.34. The highest BCUT2D eigenvalue weighted by atomic mass is 35.5. The monoisotopic (exact) mass is 337 g/mol. The summed E-state index contributed by atoms with van der Waals surface area (Å²) in [5, 5.41) is 1.89. The van der Waals surface area contributed by atoms with Gasteiger partial charge >= 0.3 is 0 Å². The maximum atomic E-state index is 12.2. The number of halogens is 1. The molecule has 0 saturated carbocycles. The van der Waals surface area contributed by atoms with Crippen molar-refractivity contribution in [1.29, 1.82) is 0 Å². The summed E-state index contributed by atoms with van der Waals surface area (Å²) >= 11 is 7.76. The third-order valence-corrected chi connectivity index (χ3v) is 5.73. The summed E-state index contributed by atoms with van der Waals surface area (Å²) in [5.41, 5.74) is 6.56. The number of nitrogens with two attached hydrogens (primary N) is 1. The molecule has 1 aromatic heterocycles. The van der Waals surface area contributed by atoms with Crippen LogP contribution in [0.25, 0.3) is 10.2 Å². The Balaban J connectivity index is 1.68. The molecular formula is C16H20ClN3OS. The van der Waals surface area contributed by atoms with Gasteiger partial charge < -0.3 is 10.6 Å². The third-order valence-electron chi connectivity index (χ3n) is 4.30. The zero-order valence-electron chi connectivity index (χ0n) is 12.6. The summed E-state index contributed by atoms with van der Waals surface area (Å²) in [6.45, 7) is 3.90. The SMILES string of the molecule is CC(CN)C(=O)N1CCC(c2nc3cc(Cl)ccc3s2)CC1. The van der Waals surface area contributed by atoms with Crippen molar-refractivity contribution in [1.82, 2.24) is 9.88 Å². The number of thiazole rings is 1. The number of carbonyl (C=O) groups excluding carboxylic acids is 1. The number of rotatable bonds is 3. The van der Waals surface area contributed by atoms with Gasteiger partial charge in [0.15, 0.2) is 0 Å². The van der Waals surface area contributed by atoms with Crippen molar-refractivity contribution in [3.8, 4) is 0 Å². The second-order valence-electron chi connectivity index (χ2n) is 5.90. The van der Waals surface area contributed by atoms with Crippen molar-refractivity contribution >= 4 is 39.1 Å². The van der Waals surface area contributed by atoms with Gasteiger partial charge in [-0.05, 0) is 31.0 Å². The predicted octanol–water partition coefficient (Wildman–Crippen LogP) is 3.25. The van der Waals surface area contributed by atoms with E-state index in [0.29, 0.717) is 12.5 Å². The summed E-state index contributed by atoms with van der Waals surface area (Å²) in [6, 6.07) is 5.85. The van der Waals surface area contributed by atoms with Crippen LogP contribution in [0.2, 0.25) is 5.02 Å². The van der Waals surface area contributed by atoms with Crippen molar-refractivity contribution in [2.45, 2.75) is 25.7 Å². The number of piperidine rings is 1. The first kappa shape index (κ1) is 15.7. The lowest BCUT2D eigenvalue weighted by molar-refractivity contribution is -0.135. The van der Waals surface area contributed by atoms with E-state index in [1.165, 1.54) is 4.70 Å². The summed E-state index contributed by atoms with van der Waals surface area (Å²) in [4.78, 5) is 18.8. The maximum Gasteiger partial charge on any atom is 0.226 e. The molecule has 1 aliphatic heterocycles. The number of hydrogen-bond donors (Lipinski definition) is 1. The topological polar surface area (TPSA) is 59.2 Å². The first-order valence-corrected chi connectivity index (χ1v) is 8.82. The molecule has 1 atom stereocenters. The van der Waals surface area contributed by atoms with Crippen LogP contribution >= 0.6 is 22.9 Å². The molecule has 3 rings (SSSR count). The lowest BCUT2D eigenvalue weighted by atomic mass is 9.96. The van der Waals surface area contributed by atoms with Gasteiger partial charge in [0.2, 0.25) is 5.91 Å². The van der Waals surface area contributed by atoms with Crippen LogP contribution < -0.4 is 5.73 Å². The zero-order chi connectivity index (χ0) is 15.7. The molecule has 1 unspecified atom stereocenters. The largest absolute Gasteiger partial charge is 0.342 e. The average molecular weight is 338 g/mol. The highest BCUT2D eigenvalue weighted by Gasteiger charge is 2.27. The minimum Gasteiger partial charge on any atom is -0.342 e. The highest BCUT2D eigenvalue weighted by molar-refractivity contribution is 7.18. The second kappa shape index (κ2) is 6.52. The standard InChI is InChI=1S/C16H20ClN3OS/c1-10(9-18)16(21)20-6-4-11(5-7-20)15-19-13-8-12(17)2-3-14(13)22-15/h2-3,8,10-11H,4-7,9,18H2,1H3. The number of fused-ring (bicyclic) bond motifs is 1. The van der Waals surface area contributed by atoms with Crippen molar-refractivity contribution in [2.24, 2.45) is 11.7 Å². The van der Waals surface area contributed by atoms with Crippen molar-refractivity contribution < 1.29 is 4.79 Å². The van der Waals surface area contributed by atoms with Crippen LogP contribution in [-0.4, -0.2) is 35.4 Å². The number of likely N-dealkylation sites (tertiary alicyclic amines) is 1. The molecule has 2 aromatic rings. The van der Waals surface area contributed by atoms with Crippen LogP contribution in [0.15, 0.2) is 18.2 Å². The Morgan fingerprint density at radius 2 is 2.23 bits per heavy atom. The molecule has 1 amide bonds. The molecule has 0 spiro atoms.